The van der Waals surface area contributed by atoms with E-state index >= 15 is 0 Å². The maximum atomic E-state index is 5.97. The summed E-state index contributed by atoms with van der Waals surface area (Å²) < 4.78 is 2.32. The Morgan fingerprint density at radius 1 is 1.25 bits per heavy atom. The van der Waals surface area contributed by atoms with E-state index in [1.165, 1.54) is 50.6 Å². The minimum Gasteiger partial charge on any atom is -0.330 e. The third kappa shape index (κ3) is 2.64. The molecule has 1 aromatic rings. The van der Waals surface area contributed by atoms with E-state index in [4.69, 9.17) is 5.73 Å². The molecule has 3 nitrogen and oxygen atoms in total. The number of hydrogen-bond donors (Lipinski definition) is 1. The van der Waals surface area contributed by atoms with E-state index in [0.717, 1.165) is 0 Å². The SMILES string of the molecule is C[C@H](N)c1cncn1C1CCCCCCC1. The number of hydrogen-bond acceptors (Lipinski definition) is 2. The van der Waals surface area contributed by atoms with Crippen LogP contribution in [0.4, 0.5) is 0 Å². The molecule has 2 rings (SSSR count). The summed E-state index contributed by atoms with van der Waals surface area (Å²) in [5.74, 6) is 0. The van der Waals surface area contributed by atoms with E-state index in [2.05, 4.69) is 9.55 Å². The molecular weight excluding hydrogens is 198 g/mol. The van der Waals surface area contributed by atoms with Gasteiger partial charge in [0.2, 0.25) is 0 Å². The Hall–Kier alpha value is -0.830. The molecule has 0 aromatic carbocycles. The van der Waals surface area contributed by atoms with E-state index < -0.39 is 0 Å². The van der Waals surface area contributed by atoms with Gasteiger partial charge in [-0.15, -0.1) is 0 Å². The molecule has 0 aliphatic heterocycles. The first kappa shape index (κ1) is 11.6. The zero-order valence-corrected chi connectivity index (χ0v) is 10.2. The molecule has 0 unspecified atom stereocenters. The highest BCUT2D eigenvalue weighted by molar-refractivity contribution is 5.05. The summed E-state index contributed by atoms with van der Waals surface area (Å²) in [6.45, 7) is 2.04. The van der Waals surface area contributed by atoms with Gasteiger partial charge in [-0.25, -0.2) is 4.98 Å². The van der Waals surface area contributed by atoms with Crippen molar-refractivity contribution in [2.75, 3.05) is 0 Å². The summed E-state index contributed by atoms with van der Waals surface area (Å²) in [6, 6.07) is 0.719. The Balaban J connectivity index is 2.11. The number of nitrogens with two attached hydrogens (primary N) is 1. The highest BCUT2D eigenvalue weighted by atomic mass is 15.1. The zero-order chi connectivity index (χ0) is 11.4. The first-order chi connectivity index (χ1) is 7.79. The summed E-state index contributed by atoms with van der Waals surface area (Å²) in [6.07, 6.45) is 13.3. The van der Waals surface area contributed by atoms with E-state index in [0.29, 0.717) is 6.04 Å². The van der Waals surface area contributed by atoms with Crippen molar-refractivity contribution < 1.29 is 0 Å². The quantitative estimate of drug-likeness (QED) is 0.833. The van der Waals surface area contributed by atoms with Gasteiger partial charge in [0.15, 0.2) is 0 Å². The number of rotatable bonds is 2. The topological polar surface area (TPSA) is 43.8 Å². The van der Waals surface area contributed by atoms with Gasteiger partial charge in [-0.2, -0.15) is 0 Å². The third-order valence-electron chi connectivity index (χ3n) is 3.63. The lowest BCUT2D eigenvalue weighted by Crippen LogP contribution is -2.17. The Kier molecular flexibility index (Phi) is 3.99. The average Bonchev–Trinajstić information content (AvgIpc) is 2.65. The van der Waals surface area contributed by atoms with Crippen LogP contribution in [0.15, 0.2) is 12.5 Å². The van der Waals surface area contributed by atoms with E-state index in [9.17, 15) is 0 Å². The second kappa shape index (κ2) is 5.48. The summed E-state index contributed by atoms with van der Waals surface area (Å²) in [7, 11) is 0. The van der Waals surface area contributed by atoms with Crippen LogP contribution >= 0.6 is 0 Å². The smallest absolute Gasteiger partial charge is 0.0951 e. The second-order valence-electron chi connectivity index (χ2n) is 5.01. The molecule has 0 saturated heterocycles. The highest BCUT2D eigenvalue weighted by Gasteiger charge is 2.17. The van der Waals surface area contributed by atoms with Gasteiger partial charge < -0.3 is 10.3 Å². The molecule has 1 aromatic heterocycles. The maximum Gasteiger partial charge on any atom is 0.0951 e. The van der Waals surface area contributed by atoms with Crippen molar-refractivity contribution in [3.63, 3.8) is 0 Å². The highest BCUT2D eigenvalue weighted by Crippen LogP contribution is 2.28. The van der Waals surface area contributed by atoms with E-state index in [1.54, 1.807) is 0 Å². The van der Waals surface area contributed by atoms with Crippen molar-refractivity contribution in [2.45, 2.75) is 64.0 Å². The summed E-state index contributed by atoms with van der Waals surface area (Å²) in [5, 5.41) is 0. The lowest BCUT2D eigenvalue weighted by atomic mass is 9.96. The standard InChI is InChI=1S/C13H23N3/c1-11(14)13-9-15-10-16(13)12-7-5-3-2-4-6-8-12/h9-12H,2-8,14H2,1H3/t11-/m0/s1. The molecular formula is C13H23N3. The molecule has 3 heteroatoms. The molecule has 0 bridgehead atoms. The van der Waals surface area contributed by atoms with Gasteiger partial charge in [0.1, 0.15) is 0 Å². The molecule has 0 spiro atoms. The Labute approximate surface area is 98.1 Å². The van der Waals surface area contributed by atoms with Crippen molar-refractivity contribution in [3.8, 4) is 0 Å². The Bertz CT molecular complexity index is 309. The Morgan fingerprint density at radius 2 is 1.88 bits per heavy atom. The molecule has 1 aliphatic rings. The van der Waals surface area contributed by atoms with Gasteiger partial charge in [0.25, 0.3) is 0 Å². The van der Waals surface area contributed by atoms with Crippen molar-refractivity contribution in [1.82, 2.24) is 9.55 Å². The van der Waals surface area contributed by atoms with Gasteiger partial charge in [0.05, 0.1) is 12.0 Å². The third-order valence-corrected chi connectivity index (χ3v) is 3.63. The molecule has 1 fully saturated rings. The molecule has 90 valence electrons. The van der Waals surface area contributed by atoms with Crippen LogP contribution in [0.1, 0.15) is 69.6 Å². The van der Waals surface area contributed by atoms with Crippen molar-refractivity contribution >= 4 is 0 Å². The Morgan fingerprint density at radius 3 is 2.50 bits per heavy atom. The summed E-state index contributed by atoms with van der Waals surface area (Å²) in [5.41, 5.74) is 7.16. The van der Waals surface area contributed by atoms with Gasteiger partial charge in [-0.1, -0.05) is 32.1 Å². The minimum absolute atomic E-state index is 0.0907. The van der Waals surface area contributed by atoms with Crippen molar-refractivity contribution in [2.24, 2.45) is 5.73 Å². The first-order valence-corrected chi connectivity index (χ1v) is 6.56. The minimum atomic E-state index is 0.0907. The average molecular weight is 221 g/mol. The predicted octanol–water partition coefficient (Wildman–Crippen LogP) is 3.19. The van der Waals surface area contributed by atoms with Gasteiger partial charge in [-0.05, 0) is 19.8 Å². The fraction of sp³-hybridized carbons (Fsp3) is 0.769. The van der Waals surface area contributed by atoms with Gasteiger partial charge >= 0.3 is 0 Å². The molecule has 1 aliphatic carbocycles. The van der Waals surface area contributed by atoms with Crippen LogP contribution in [0, 0.1) is 0 Å². The lowest BCUT2D eigenvalue weighted by molar-refractivity contribution is 0.361. The molecule has 1 heterocycles. The van der Waals surface area contributed by atoms with Gasteiger partial charge in [0, 0.05) is 18.3 Å². The normalized spacial score (nSPS) is 21.4. The maximum absolute atomic E-state index is 5.97. The fourth-order valence-electron chi connectivity index (χ4n) is 2.69. The largest absolute Gasteiger partial charge is 0.330 e. The fourth-order valence-corrected chi connectivity index (χ4v) is 2.69. The molecule has 0 radical (unpaired) electrons. The van der Waals surface area contributed by atoms with Crippen LogP contribution in [0.25, 0.3) is 0 Å². The van der Waals surface area contributed by atoms with Crippen LogP contribution in [-0.4, -0.2) is 9.55 Å². The van der Waals surface area contributed by atoms with Crippen molar-refractivity contribution in [3.05, 3.63) is 18.2 Å². The van der Waals surface area contributed by atoms with Crippen molar-refractivity contribution in [1.29, 1.82) is 0 Å². The van der Waals surface area contributed by atoms with Crippen LogP contribution in [0.5, 0.6) is 0 Å². The predicted molar refractivity (Wildman–Crippen MR) is 66.2 cm³/mol. The van der Waals surface area contributed by atoms with E-state index in [1.807, 2.05) is 19.4 Å². The van der Waals surface area contributed by atoms with Crippen LogP contribution in [-0.2, 0) is 0 Å². The summed E-state index contributed by atoms with van der Waals surface area (Å²) in [4.78, 5) is 4.26. The van der Waals surface area contributed by atoms with Crippen LogP contribution in [0.2, 0.25) is 0 Å². The number of imidazole rings is 1. The number of nitrogens with zero attached hydrogens (tertiary/aromatic N) is 2. The summed E-state index contributed by atoms with van der Waals surface area (Å²) >= 11 is 0. The molecule has 0 amide bonds. The molecule has 1 saturated carbocycles. The number of aromatic nitrogens is 2. The molecule has 16 heavy (non-hydrogen) atoms. The first-order valence-electron chi connectivity index (χ1n) is 6.56. The lowest BCUT2D eigenvalue weighted by Gasteiger charge is -2.24. The monoisotopic (exact) mass is 221 g/mol. The molecule has 1 atom stereocenters. The van der Waals surface area contributed by atoms with Crippen LogP contribution in [0.3, 0.4) is 0 Å². The van der Waals surface area contributed by atoms with Crippen LogP contribution < -0.4 is 5.73 Å². The van der Waals surface area contributed by atoms with Gasteiger partial charge in [-0.3, -0.25) is 0 Å². The second-order valence-corrected chi connectivity index (χ2v) is 5.01. The zero-order valence-electron chi connectivity index (χ0n) is 10.2. The molecule has 2 N–H and O–H groups in total. The van der Waals surface area contributed by atoms with E-state index in [-0.39, 0.29) is 6.04 Å².